The molecular formula is C30H44N2O8. The molecule has 0 aliphatic carbocycles. The van der Waals surface area contributed by atoms with E-state index in [-0.39, 0.29) is 47.1 Å². The normalized spacial score (nSPS) is 32.2. The Morgan fingerprint density at radius 1 is 1.00 bits per heavy atom. The molecule has 1 aliphatic rings. The number of hydrogen-bond acceptors (Lipinski definition) is 8. The Morgan fingerprint density at radius 2 is 1.68 bits per heavy atom. The molecule has 0 saturated heterocycles. The molecule has 1 aliphatic heterocycles. The number of rotatable bonds is 4. The van der Waals surface area contributed by atoms with Crippen LogP contribution in [0.15, 0.2) is 47.6 Å². The van der Waals surface area contributed by atoms with Crippen LogP contribution in [0.3, 0.4) is 0 Å². The quantitative estimate of drug-likeness (QED) is 0.229. The zero-order valence-electron chi connectivity index (χ0n) is 24.6. The first-order valence-electron chi connectivity index (χ1n) is 13.3. The lowest BCUT2D eigenvalue weighted by atomic mass is 9.86. The lowest BCUT2D eigenvalue weighted by molar-refractivity contribution is -0.112. The molecule has 0 unspecified atom stereocenters. The summed E-state index contributed by atoms with van der Waals surface area (Å²) in [6.45, 7) is 9.30. The fourth-order valence-corrected chi connectivity index (χ4v) is 5.30. The van der Waals surface area contributed by atoms with Crippen molar-refractivity contribution in [3.8, 4) is 11.5 Å². The number of aromatic hydroxyl groups is 2. The van der Waals surface area contributed by atoms with Gasteiger partial charge in [-0.1, -0.05) is 45.1 Å². The molecule has 2 rings (SSSR count). The third kappa shape index (κ3) is 8.33. The Balaban J connectivity index is 2.67. The highest BCUT2D eigenvalue weighted by molar-refractivity contribution is 6.04. The summed E-state index contributed by atoms with van der Waals surface area (Å²) < 4.78 is 23.0. The van der Waals surface area contributed by atoms with Gasteiger partial charge in [-0.05, 0) is 37.8 Å². The number of phenols is 2. The highest BCUT2D eigenvalue weighted by Crippen LogP contribution is 2.42. The minimum absolute atomic E-state index is 0.0543. The summed E-state index contributed by atoms with van der Waals surface area (Å²) in [5.41, 5.74) is 6.91. The molecule has 5 N–H and O–H groups in total. The average molecular weight is 561 g/mol. The Hall–Kier alpha value is -3.34. The van der Waals surface area contributed by atoms with Crippen LogP contribution in [0.1, 0.15) is 52.7 Å². The van der Waals surface area contributed by atoms with Gasteiger partial charge < -0.3 is 40.2 Å². The number of fused-ring (bicyclic) bond motifs is 2. The van der Waals surface area contributed by atoms with Crippen molar-refractivity contribution in [2.75, 3.05) is 26.6 Å². The van der Waals surface area contributed by atoms with Crippen molar-refractivity contribution < 1.29 is 38.7 Å². The van der Waals surface area contributed by atoms with Crippen molar-refractivity contribution in [2.24, 2.45) is 23.5 Å². The van der Waals surface area contributed by atoms with Gasteiger partial charge in [0.25, 0.3) is 5.91 Å². The third-order valence-corrected chi connectivity index (χ3v) is 7.33. The maximum Gasteiger partial charge on any atom is 0.405 e. The minimum Gasteiger partial charge on any atom is -0.508 e. The summed E-state index contributed by atoms with van der Waals surface area (Å²) in [6.07, 6.45) is 4.64. The standard InChI is InChI=1S/C30H44N2O8/c1-16-10-9-11-17(2)29(35)32-23-15-21(33)14-22(25(23)34)27(38-7)20(5)13-24(37-6)28(39-8)19(4)12-18(3)26(16)40-30(31)36/h9-12,14-16,19-20,24,26-28,33-34H,13H2,1-8H3,(H2,31,36)(H,32,35)/b10-9-,17-11-,18-12-/t16-,19-,20-,24-,26+,27+,28+/m0/s1. The summed E-state index contributed by atoms with van der Waals surface area (Å²) in [6, 6.07) is 2.71. The van der Waals surface area contributed by atoms with E-state index >= 15 is 0 Å². The van der Waals surface area contributed by atoms with E-state index in [0.29, 0.717) is 17.6 Å². The van der Waals surface area contributed by atoms with E-state index in [1.54, 1.807) is 39.4 Å². The fourth-order valence-electron chi connectivity index (χ4n) is 5.30. The molecule has 1 aromatic carbocycles. The van der Waals surface area contributed by atoms with E-state index in [0.717, 1.165) is 5.57 Å². The summed E-state index contributed by atoms with van der Waals surface area (Å²) in [7, 11) is 4.73. The number of methoxy groups -OCH3 is 3. The number of nitrogens with two attached hydrogens (primary N) is 1. The second-order valence-electron chi connectivity index (χ2n) is 10.5. The number of carbonyl (C=O) groups excluding carboxylic acids is 2. The van der Waals surface area contributed by atoms with Crippen LogP contribution in [0.4, 0.5) is 10.5 Å². The maximum absolute atomic E-state index is 12.9. The number of benzene rings is 1. The lowest BCUT2D eigenvalue weighted by Crippen LogP contribution is -2.37. The Kier molecular flexibility index (Phi) is 12.2. The average Bonchev–Trinajstić information content (AvgIpc) is 2.88. The van der Waals surface area contributed by atoms with Crippen molar-refractivity contribution in [1.29, 1.82) is 0 Å². The molecule has 0 spiro atoms. The van der Waals surface area contributed by atoms with Gasteiger partial charge in [-0.15, -0.1) is 0 Å². The zero-order valence-corrected chi connectivity index (χ0v) is 24.6. The molecular weight excluding hydrogens is 516 g/mol. The largest absolute Gasteiger partial charge is 0.508 e. The molecule has 10 nitrogen and oxygen atoms in total. The van der Waals surface area contributed by atoms with Gasteiger partial charge in [0.2, 0.25) is 0 Å². The number of hydrogen-bond donors (Lipinski definition) is 4. The van der Waals surface area contributed by atoms with Gasteiger partial charge in [0, 0.05) is 50.4 Å². The molecule has 10 heteroatoms. The molecule has 2 amide bonds. The predicted molar refractivity (Wildman–Crippen MR) is 153 cm³/mol. The number of primary amides is 1. The van der Waals surface area contributed by atoms with Crippen molar-refractivity contribution in [1.82, 2.24) is 0 Å². The molecule has 1 aromatic rings. The zero-order chi connectivity index (χ0) is 30.1. The Morgan fingerprint density at radius 3 is 2.25 bits per heavy atom. The summed E-state index contributed by atoms with van der Waals surface area (Å²) in [4.78, 5) is 24.6. The number of amides is 2. The van der Waals surface area contributed by atoms with Crippen LogP contribution in [-0.2, 0) is 23.7 Å². The number of allylic oxidation sites excluding steroid dienone is 2. The fraction of sp³-hybridized carbons (Fsp3) is 0.533. The highest BCUT2D eigenvalue weighted by Gasteiger charge is 2.33. The first kappa shape index (κ1) is 32.9. The molecule has 7 atom stereocenters. The van der Waals surface area contributed by atoms with E-state index in [1.807, 2.05) is 33.8 Å². The van der Waals surface area contributed by atoms with Crippen LogP contribution >= 0.6 is 0 Å². The van der Waals surface area contributed by atoms with Gasteiger partial charge in [0.05, 0.1) is 24.0 Å². The molecule has 0 fully saturated rings. The molecule has 0 radical (unpaired) electrons. The van der Waals surface area contributed by atoms with Gasteiger partial charge >= 0.3 is 6.09 Å². The van der Waals surface area contributed by atoms with E-state index in [9.17, 15) is 19.8 Å². The lowest BCUT2D eigenvalue weighted by Gasteiger charge is -2.33. The maximum atomic E-state index is 12.9. The summed E-state index contributed by atoms with van der Waals surface area (Å²) in [5.74, 6) is -1.43. The number of anilines is 1. The van der Waals surface area contributed by atoms with Crippen molar-refractivity contribution in [3.05, 3.63) is 53.1 Å². The second-order valence-corrected chi connectivity index (χ2v) is 10.5. The molecule has 222 valence electrons. The van der Waals surface area contributed by atoms with Gasteiger partial charge in [0.1, 0.15) is 17.6 Å². The first-order valence-corrected chi connectivity index (χ1v) is 13.3. The van der Waals surface area contributed by atoms with Crippen molar-refractivity contribution in [2.45, 2.75) is 65.5 Å². The molecule has 0 aromatic heterocycles. The van der Waals surface area contributed by atoms with Crippen LogP contribution in [-0.4, -0.2) is 61.9 Å². The van der Waals surface area contributed by atoms with Crippen LogP contribution in [0.25, 0.3) is 0 Å². The number of ether oxygens (including phenoxy) is 4. The van der Waals surface area contributed by atoms with Crippen molar-refractivity contribution in [3.63, 3.8) is 0 Å². The van der Waals surface area contributed by atoms with Crippen LogP contribution in [0, 0.1) is 17.8 Å². The second kappa shape index (κ2) is 14.9. The highest BCUT2D eigenvalue weighted by atomic mass is 16.6. The summed E-state index contributed by atoms with van der Waals surface area (Å²) in [5, 5.41) is 24.2. The SMILES string of the molecule is CO[C@H]1[C@@H](OC)C[C@H](C)[C@@H](OC)c2cc(O)cc(c2O)NC(=O)/C(C)=C\C=C/[C@H](C)[C@@H](OC(N)=O)/C(C)=C\[C@@H]1C. The smallest absolute Gasteiger partial charge is 0.405 e. The molecule has 40 heavy (non-hydrogen) atoms. The van der Waals surface area contributed by atoms with E-state index in [4.69, 9.17) is 24.7 Å². The van der Waals surface area contributed by atoms with Gasteiger partial charge in [-0.25, -0.2) is 4.79 Å². The topological polar surface area (TPSA) is 150 Å². The van der Waals surface area contributed by atoms with E-state index < -0.39 is 24.2 Å². The van der Waals surface area contributed by atoms with Gasteiger partial charge in [-0.3, -0.25) is 4.79 Å². The van der Waals surface area contributed by atoms with E-state index in [2.05, 4.69) is 5.32 Å². The number of phenolic OH excluding ortho intramolecular Hbond substituents is 2. The van der Waals surface area contributed by atoms with Gasteiger partial charge in [-0.2, -0.15) is 0 Å². The monoisotopic (exact) mass is 560 g/mol. The molecule has 2 bridgehead atoms. The molecule has 0 saturated carbocycles. The Bertz CT molecular complexity index is 1130. The number of carbonyl (C=O) groups is 2. The summed E-state index contributed by atoms with van der Waals surface area (Å²) >= 11 is 0. The minimum atomic E-state index is -0.891. The van der Waals surface area contributed by atoms with Crippen LogP contribution in [0.5, 0.6) is 11.5 Å². The first-order chi connectivity index (χ1) is 18.8. The van der Waals surface area contributed by atoms with Crippen molar-refractivity contribution >= 4 is 17.7 Å². The van der Waals surface area contributed by atoms with Crippen LogP contribution < -0.4 is 11.1 Å². The Labute approximate surface area is 236 Å². The number of nitrogens with one attached hydrogen (secondary N) is 1. The van der Waals surface area contributed by atoms with Gasteiger partial charge in [0.15, 0.2) is 0 Å². The predicted octanol–water partition coefficient (Wildman–Crippen LogP) is 4.98. The van der Waals surface area contributed by atoms with E-state index in [1.165, 1.54) is 19.2 Å². The third-order valence-electron chi connectivity index (χ3n) is 7.33. The van der Waals surface area contributed by atoms with Crippen LogP contribution in [0.2, 0.25) is 0 Å². The molecule has 1 heterocycles.